The third-order valence-corrected chi connectivity index (χ3v) is 2.22. The molecule has 15 heavy (non-hydrogen) atoms. The molecule has 0 heterocycles. The van der Waals surface area contributed by atoms with Gasteiger partial charge in [0.2, 0.25) is 0 Å². The van der Waals surface area contributed by atoms with Gasteiger partial charge in [0, 0.05) is 18.4 Å². The lowest BCUT2D eigenvalue weighted by Gasteiger charge is -2.03. The van der Waals surface area contributed by atoms with Crippen LogP contribution in [0.4, 0.5) is 4.39 Å². The Morgan fingerprint density at radius 2 is 2.20 bits per heavy atom. The number of Topliss-reactive ketones (excluding diaryl/α,β-unsaturated/α-hetero) is 1. The van der Waals surface area contributed by atoms with E-state index in [1.165, 1.54) is 6.07 Å². The quantitative estimate of drug-likeness (QED) is 0.546. The van der Waals surface area contributed by atoms with Gasteiger partial charge in [0.15, 0.2) is 5.78 Å². The van der Waals surface area contributed by atoms with Gasteiger partial charge in [-0.2, -0.15) is 0 Å². The normalized spacial score (nSPS) is 9.27. The SMILES string of the molecule is CC#CCCC(=O)c1cccc(F)c1C. The van der Waals surface area contributed by atoms with Crippen LogP contribution in [-0.2, 0) is 0 Å². The minimum Gasteiger partial charge on any atom is -0.294 e. The second-order valence-corrected chi connectivity index (χ2v) is 3.26. The summed E-state index contributed by atoms with van der Waals surface area (Å²) in [6, 6.07) is 4.57. The molecule has 0 aliphatic rings. The summed E-state index contributed by atoms with van der Waals surface area (Å²) in [5, 5.41) is 0. The van der Waals surface area contributed by atoms with E-state index in [4.69, 9.17) is 0 Å². The third-order valence-electron chi connectivity index (χ3n) is 2.22. The third kappa shape index (κ3) is 2.92. The Hall–Kier alpha value is -1.62. The summed E-state index contributed by atoms with van der Waals surface area (Å²) in [5.74, 6) is 5.17. The Balaban J connectivity index is 2.81. The zero-order valence-corrected chi connectivity index (χ0v) is 8.93. The van der Waals surface area contributed by atoms with Crippen LogP contribution in [0.15, 0.2) is 18.2 Å². The van der Waals surface area contributed by atoms with Crippen LogP contribution in [0.25, 0.3) is 0 Å². The number of rotatable bonds is 3. The predicted molar refractivity (Wildman–Crippen MR) is 58.2 cm³/mol. The van der Waals surface area contributed by atoms with Gasteiger partial charge in [0.05, 0.1) is 0 Å². The monoisotopic (exact) mass is 204 g/mol. The summed E-state index contributed by atoms with van der Waals surface area (Å²) in [6.45, 7) is 3.35. The van der Waals surface area contributed by atoms with Gasteiger partial charge >= 0.3 is 0 Å². The summed E-state index contributed by atoms with van der Waals surface area (Å²) < 4.78 is 13.1. The van der Waals surface area contributed by atoms with Crippen molar-refractivity contribution in [3.05, 3.63) is 35.1 Å². The maximum atomic E-state index is 13.1. The van der Waals surface area contributed by atoms with E-state index >= 15 is 0 Å². The number of hydrogen-bond donors (Lipinski definition) is 0. The lowest BCUT2D eigenvalue weighted by Crippen LogP contribution is -2.02. The second-order valence-electron chi connectivity index (χ2n) is 3.26. The Morgan fingerprint density at radius 3 is 2.87 bits per heavy atom. The Labute approximate surface area is 89.3 Å². The van der Waals surface area contributed by atoms with Crippen LogP contribution in [0.1, 0.15) is 35.7 Å². The zero-order valence-electron chi connectivity index (χ0n) is 8.93. The number of ketones is 1. The summed E-state index contributed by atoms with van der Waals surface area (Å²) in [6.07, 6.45) is 0.885. The molecule has 1 rings (SSSR count). The van der Waals surface area contributed by atoms with Gasteiger partial charge in [-0.05, 0) is 25.5 Å². The molecular weight excluding hydrogens is 191 g/mol. The first-order valence-electron chi connectivity index (χ1n) is 4.84. The first-order chi connectivity index (χ1) is 7.16. The fourth-order valence-electron chi connectivity index (χ4n) is 1.35. The molecule has 2 heteroatoms. The maximum absolute atomic E-state index is 13.1. The average Bonchev–Trinajstić information content (AvgIpc) is 2.22. The van der Waals surface area contributed by atoms with Crippen LogP contribution < -0.4 is 0 Å². The molecule has 0 saturated heterocycles. The fraction of sp³-hybridized carbons (Fsp3) is 0.308. The van der Waals surface area contributed by atoms with E-state index in [-0.39, 0.29) is 11.6 Å². The highest BCUT2D eigenvalue weighted by molar-refractivity contribution is 5.97. The first-order valence-corrected chi connectivity index (χ1v) is 4.84. The molecule has 1 aromatic rings. The molecule has 0 bridgehead atoms. The topological polar surface area (TPSA) is 17.1 Å². The van der Waals surface area contributed by atoms with Gasteiger partial charge in [-0.1, -0.05) is 12.1 Å². The molecular formula is C13H13FO. The zero-order chi connectivity index (χ0) is 11.3. The molecule has 1 nitrogen and oxygen atoms in total. The van der Waals surface area contributed by atoms with Gasteiger partial charge in [-0.3, -0.25) is 4.79 Å². The lowest BCUT2D eigenvalue weighted by atomic mass is 10.0. The number of carbonyl (C=O) groups is 1. The number of carbonyl (C=O) groups excluding carboxylic acids is 1. The van der Waals surface area contributed by atoms with Crippen molar-refractivity contribution >= 4 is 5.78 Å². The summed E-state index contributed by atoms with van der Waals surface area (Å²) in [7, 11) is 0. The van der Waals surface area contributed by atoms with Crippen molar-refractivity contribution in [2.24, 2.45) is 0 Å². The molecule has 0 unspecified atom stereocenters. The van der Waals surface area contributed by atoms with Crippen molar-refractivity contribution in [2.45, 2.75) is 26.7 Å². The molecule has 0 aliphatic heterocycles. The van der Waals surface area contributed by atoms with Gasteiger partial charge in [0.1, 0.15) is 5.82 Å². The van der Waals surface area contributed by atoms with Crippen molar-refractivity contribution in [3.63, 3.8) is 0 Å². The number of benzene rings is 1. The molecule has 0 saturated carbocycles. The molecule has 0 amide bonds. The van der Waals surface area contributed by atoms with Gasteiger partial charge in [-0.25, -0.2) is 4.39 Å². The summed E-state index contributed by atoms with van der Waals surface area (Å²) in [5.41, 5.74) is 0.889. The van der Waals surface area contributed by atoms with Crippen molar-refractivity contribution in [1.82, 2.24) is 0 Å². The van der Waals surface area contributed by atoms with E-state index in [1.54, 1.807) is 26.0 Å². The second kappa shape index (κ2) is 5.31. The Morgan fingerprint density at radius 1 is 1.47 bits per heavy atom. The largest absolute Gasteiger partial charge is 0.294 e. The smallest absolute Gasteiger partial charge is 0.164 e. The molecule has 0 aromatic heterocycles. The van der Waals surface area contributed by atoms with Gasteiger partial charge in [-0.15, -0.1) is 11.8 Å². The van der Waals surface area contributed by atoms with Gasteiger partial charge in [0.25, 0.3) is 0 Å². The van der Waals surface area contributed by atoms with Crippen LogP contribution in [0.3, 0.4) is 0 Å². The molecule has 0 N–H and O–H groups in total. The molecule has 0 atom stereocenters. The van der Waals surface area contributed by atoms with E-state index in [2.05, 4.69) is 11.8 Å². The Kier molecular flexibility index (Phi) is 4.05. The molecule has 0 fully saturated rings. The van der Waals surface area contributed by atoms with Gasteiger partial charge < -0.3 is 0 Å². The highest BCUT2D eigenvalue weighted by Gasteiger charge is 2.10. The van der Waals surface area contributed by atoms with Crippen molar-refractivity contribution in [3.8, 4) is 11.8 Å². The van der Waals surface area contributed by atoms with Crippen LogP contribution in [0, 0.1) is 24.6 Å². The van der Waals surface area contributed by atoms with Crippen LogP contribution in [0.2, 0.25) is 0 Å². The molecule has 0 aliphatic carbocycles. The molecule has 78 valence electrons. The minimum absolute atomic E-state index is 0.0465. The highest BCUT2D eigenvalue weighted by atomic mass is 19.1. The van der Waals surface area contributed by atoms with E-state index in [0.29, 0.717) is 24.0 Å². The van der Waals surface area contributed by atoms with E-state index in [1.807, 2.05) is 0 Å². The maximum Gasteiger partial charge on any atom is 0.164 e. The van der Waals surface area contributed by atoms with Crippen LogP contribution in [0.5, 0.6) is 0 Å². The minimum atomic E-state index is -0.331. The van der Waals surface area contributed by atoms with E-state index in [0.717, 1.165) is 0 Å². The van der Waals surface area contributed by atoms with E-state index in [9.17, 15) is 9.18 Å². The summed E-state index contributed by atoms with van der Waals surface area (Å²) >= 11 is 0. The molecule has 1 aromatic carbocycles. The van der Waals surface area contributed by atoms with Crippen LogP contribution >= 0.6 is 0 Å². The highest BCUT2D eigenvalue weighted by Crippen LogP contribution is 2.14. The number of hydrogen-bond acceptors (Lipinski definition) is 1. The first kappa shape index (κ1) is 11.5. The van der Waals surface area contributed by atoms with E-state index < -0.39 is 0 Å². The predicted octanol–water partition coefficient (Wildman–Crippen LogP) is 3.12. The van der Waals surface area contributed by atoms with Crippen molar-refractivity contribution in [1.29, 1.82) is 0 Å². The molecule has 0 radical (unpaired) electrons. The molecule has 0 spiro atoms. The fourth-order valence-corrected chi connectivity index (χ4v) is 1.35. The van der Waals surface area contributed by atoms with Crippen molar-refractivity contribution < 1.29 is 9.18 Å². The summed E-state index contributed by atoms with van der Waals surface area (Å²) in [4.78, 5) is 11.7. The Bertz CT molecular complexity index is 424. The standard InChI is InChI=1S/C13H13FO/c1-3-4-5-9-13(15)11-7-6-8-12(14)10(11)2/h6-8H,5,9H2,1-2H3. The van der Waals surface area contributed by atoms with Crippen molar-refractivity contribution in [2.75, 3.05) is 0 Å². The van der Waals surface area contributed by atoms with Crippen LogP contribution in [-0.4, -0.2) is 5.78 Å². The lowest BCUT2D eigenvalue weighted by molar-refractivity contribution is 0.0983. The average molecular weight is 204 g/mol. The number of halogens is 1.